The lowest BCUT2D eigenvalue weighted by Gasteiger charge is -1.99. The number of aromatic nitrogens is 1. The number of hydrogen-bond acceptors (Lipinski definition) is 3. The Morgan fingerprint density at radius 3 is 2.83 bits per heavy atom. The summed E-state index contributed by atoms with van der Waals surface area (Å²) in [5.74, 6) is -0.165. The van der Waals surface area contributed by atoms with Crippen molar-refractivity contribution in [2.75, 3.05) is 0 Å². The van der Waals surface area contributed by atoms with Crippen LogP contribution in [-0.2, 0) is 7.05 Å². The normalized spacial score (nSPS) is 11.1. The minimum atomic E-state index is -0.165. The van der Waals surface area contributed by atoms with Crippen molar-refractivity contribution in [3.05, 3.63) is 45.4 Å². The van der Waals surface area contributed by atoms with Gasteiger partial charge in [-0.25, -0.2) is 5.43 Å². The van der Waals surface area contributed by atoms with Gasteiger partial charge in [-0.1, -0.05) is 0 Å². The minimum absolute atomic E-state index is 0.165. The highest BCUT2D eigenvalue weighted by Gasteiger charge is 2.11. The first-order chi connectivity index (χ1) is 8.59. The number of hydrogen-bond donors (Lipinski definition) is 1. The fraction of sp³-hybridized carbons (Fsp3) is 0.231. The summed E-state index contributed by atoms with van der Waals surface area (Å²) in [6.07, 6.45) is 3.56. The summed E-state index contributed by atoms with van der Waals surface area (Å²) >= 11 is 1.58. The summed E-state index contributed by atoms with van der Waals surface area (Å²) in [6, 6.07) is 3.85. The molecule has 0 saturated carbocycles. The lowest BCUT2D eigenvalue weighted by molar-refractivity contribution is 0.0955. The van der Waals surface area contributed by atoms with E-state index >= 15 is 0 Å². The molecule has 4 nitrogen and oxygen atoms in total. The molecule has 1 N–H and O–H groups in total. The third kappa shape index (κ3) is 2.51. The van der Waals surface area contributed by atoms with Crippen LogP contribution in [0.4, 0.5) is 0 Å². The molecule has 0 fully saturated rings. The Balaban J connectivity index is 2.03. The second-order valence-corrected chi connectivity index (χ2v) is 5.16. The Morgan fingerprint density at radius 2 is 2.28 bits per heavy atom. The second kappa shape index (κ2) is 5.18. The summed E-state index contributed by atoms with van der Waals surface area (Å²) in [4.78, 5) is 13.0. The van der Waals surface area contributed by atoms with Gasteiger partial charge in [0, 0.05) is 23.5 Å². The first kappa shape index (κ1) is 12.6. The van der Waals surface area contributed by atoms with Crippen molar-refractivity contribution < 1.29 is 4.79 Å². The molecule has 0 aliphatic carbocycles. The maximum absolute atomic E-state index is 11.9. The van der Waals surface area contributed by atoms with Gasteiger partial charge >= 0.3 is 0 Å². The Kier molecular flexibility index (Phi) is 3.62. The molecule has 0 aliphatic heterocycles. The molecule has 2 rings (SSSR count). The highest BCUT2D eigenvalue weighted by Crippen LogP contribution is 2.20. The van der Waals surface area contributed by atoms with Gasteiger partial charge in [-0.05, 0) is 31.5 Å². The Labute approximate surface area is 110 Å². The summed E-state index contributed by atoms with van der Waals surface area (Å²) < 4.78 is 1.93. The monoisotopic (exact) mass is 261 g/mol. The molecule has 0 aromatic carbocycles. The summed E-state index contributed by atoms with van der Waals surface area (Å²) in [6.45, 7) is 3.95. The van der Waals surface area contributed by atoms with E-state index in [1.54, 1.807) is 17.6 Å². The summed E-state index contributed by atoms with van der Waals surface area (Å²) in [7, 11) is 1.93. The number of amides is 1. The molecule has 2 aromatic rings. The van der Waals surface area contributed by atoms with Crippen molar-refractivity contribution in [1.82, 2.24) is 9.99 Å². The molecule has 0 saturated heterocycles. The predicted octanol–water partition coefficient (Wildman–Crippen LogP) is 2.47. The van der Waals surface area contributed by atoms with Crippen LogP contribution in [0.15, 0.2) is 28.8 Å². The van der Waals surface area contributed by atoms with Crippen molar-refractivity contribution in [3.63, 3.8) is 0 Å². The molecule has 2 aromatic heterocycles. The minimum Gasteiger partial charge on any atom is -0.350 e. The molecule has 5 heteroatoms. The zero-order valence-corrected chi connectivity index (χ0v) is 11.4. The van der Waals surface area contributed by atoms with Gasteiger partial charge in [-0.2, -0.15) is 5.10 Å². The SMILES string of the molecule is Cc1scc(C(=O)N/N=C\c2cccn2C)c1C. The van der Waals surface area contributed by atoms with Crippen LogP contribution in [0.5, 0.6) is 0 Å². The van der Waals surface area contributed by atoms with Crippen LogP contribution in [0.25, 0.3) is 0 Å². The molecular formula is C13H15N3OS. The van der Waals surface area contributed by atoms with Crippen molar-refractivity contribution in [1.29, 1.82) is 0 Å². The molecule has 94 valence electrons. The zero-order valence-electron chi connectivity index (χ0n) is 10.6. The van der Waals surface area contributed by atoms with Crippen LogP contribution in [-0.4, -0.2) is 16.7 Å². The van der Waals surface area contributed by atoms with Crippen LogP contribution in [0.2, 0.25) is 0 Å². The van der Waals surface area contributed by atoms with Gasteiger partial charge in [0.05, 0.1) is 17.5 Å². The highest BCUT2D eigenvalue weighted by molar-refractivity contribution is 7.10. The van der Waals surface area contributed by atoms with Crippen LogP contribution >= 0.6 is 11.3 Å². The highest BCUT2D eigenvalue weighted by atomic mass is 32.1. The van der Waals surface area contributed by atoms with Crippen LogP contribution in [0.1, 0.15) is 26.5 Å². The largest absolute Gasteiger partial charge is 0.350 e. The van der Waals surface area contributed by atoms with Gasteiger partial charge in [-0.15, -0.1) is 11.3 Å². The summed E-state index contributed by atoms with van der Waals surface area (Å²) in [5.41, 5.74) is 5.20. The van der Waals surface area contributed by atoms with E-state index in [0.717, 1.165) is 16.1 Å². The molecule has 0 radical (unpaired) electrons. The number of aryl methyl sites for hydroxylation is 2. The van der Waals surface area contributed by atoms with Crippen molar-refractivity contribution in [2.45, 2.75) is 13.8 Å². The molecule has 0 bridgehead atoms. The number of nitrogens with one attached hydrogen (secondary N) is 1. The van der Waals surface area contributed by atoms with Gasteiger partial charge in [0.25, 0.3) is 5.91 Å². The van der Waals surface area contributed by atoms with Crippen molar-refractivity contribution in [2.24, 2.45) is 12.1 Å². The van der Waals surface area contributed by atoms with Crippen LogP contribution in [0.3, 0.4) is 0 Å². The topological polar surface area (TPSA) is 46.4 Å². The number of hydrazone groups is 1. The average molecular weight is 261 g/mol. The van der Waals surface area contributed by atoms with E-state index in [0.29, 0.717) is 5.56 Å². The third-order valence-electron chi connectivity index (χ3n) is 2.88. The Bertz CT molecular complexity index is 595. The quantitative estimate of drug-likeness (QED) is 0.669. The molecule has 2 heterocycles. The maximum atomic E-state index is 11.9. The van der Waals surface area contributed by atoms with Gasteiger partial charge in [-0.3, -0.25) is 4.79 Å². The predicted molar refractivity (Wildman–Crippen MR) is 74.3 cm³/mol. The zero-order chi connectivity index (χ0) is 13.1. The number of thiophene rings is 1. The van der Waals surface area contributed by atoms with Gasteiger partial charge in [0.15, 0.2) is 0 Å². The van der Waals surface area contributed by atoms with E-state index in [9.17, 15) is 4.79 Å². The molecule has 0 atom stereocenters. The lowest BCUT2D eigenvalue weighted by Crippen LogP contribution is -2.18. The molecule has 1 amide bonds. The van der Waals surface area contributed by atoms with Crippen LogP contribution < -0.4 is 5.43 Å². The molecule has 18 heavy (non-hydrogen) atoms. The molecule has 0 unspecified atom stereocenters. The van der Waals surface area contributed by atoms with Gasteiger partial charge < -0.3 is 4.57 Å². The van der Waals surface area contributed by atoms with E-state index in [-0.39, 0.29) is 5.91 Å². The van der Waals surface area contributed by atoms with Crippen molar-refractivity contribution >= 4 is 23.5 Å². The Hall–Kier alpha value is -1.88. The molecule has 0 aliphatic rings. The molecule has 0 spiro atoms. The van der Waals surface area contributed by atoms with Gasteiger partial charge in [0.1, 0.15) is 0 Å². The molecular weight excluding hydrogens is 246 g/mol. The third-order valence-corrected chi connectivity index (χ3v) is 3.89. The second-order valence-electron chi connectivity index (χ2n) is 4.07. The Morgan fingerprint density at radius 1 is 1.50 bits per heavy atom. The van der Waals surface area contributed by atoms with E-state index < -0.39 is 0 Å². The van der Waals surface area contributed by atoms with E-state index in [1.165, 1.54) is 0 Å². The van der Waals surface area contributed by atoms with E-state index in [1.807, 2.05) is 49.2 Å². The average Bonchev–Trinajstić information content (AvgIpc) is 2.88. The number of carbonyl (C=O) groups is 1. The van der Waals surface area contributed by atoms with Crippen LogP contribution in [0, 0.1) is 13.8 Å². The number of nitrogens with zero attached hydrogens (tertiary/aromatic N) is 2. The fourth-order valence-corrected chi connectivity index (χ4v) is 2.43. The number of rotatable bonds is 3. The first-order valence-corrected chi connectivity index (χ1v) is 6.47. The van der Waals surface area contributed by atoms with Gasteiger partial charge in [0.2, 0.25) is 0 Å². The van der Waals surface area contributed by atoms with E-state index in [2.05, 4.69) is 10.5 Å². The van der Waals surface area contributed by atoms with E-state index in [4.69, 9.17) is 0 Å². The standard InChI is InChI=1S/C13H15N3OS/c1-9-10(2)18-8-12(9)13(17)15-14-7-11-5-4-6-16(11)3/h4-8H,1-3H3,(H,15,17)/b14-7-. The number of carbonyl (C=O) groups excluding carboxylic acids is 1. The van der Waals surface area contributed by atoms with Crippen molar-refractivity contribution in [3.8, 4) is 0 Å². The smallest absolute Gasteiger partial charge is 0.272 e. The first-order valence-electron chi connectivity index (χ1n) is 5.59. The lowest BCUT2D eigenvalue weighted by atomic mass is 10.2. The summed E-state index contributed by atoms with van der Waals surface area (Å²) in [5, 5.41) is 5.82. The fourth-order valence-electron chi connectivity index (χ4n) is 1.56. The maximum Gasteiger partial charge on any atom is 0.272 e.